The lowest BCUT2D eigenvalue weighted by Gasteiger charge is -2.13. The molecule has 0 heterocycles. The molecule has 3 nitrogen and oxygen atoms in total. The molecule has 0 bridgehead atoms. The molecule has 0 radical (unpaired) electrons. The summed E-state index contributed by atoms with van der Waals surface area (Å²) in [5.74, 6) is -1.04. The number of halogens is 1. The standard InChI is InChI=1S/C15H22FNO2/c1-3-4-5-6-7-11(2)19-15(18)12-8-13(16)10-14(17)9-12/h8-11H,3-7,17H2,1-2H3. The molecular weight excluding hydrogens is 245 g/mol. The fraction of sp³-hybridized carbons (Fsp3) is 0.533. The minimum absolute atomic E-state index is 0.158. The third kappa shape index (κ3) is 5.73. The van der Waals surface area contributed by atoms with Crippen molar-refractivity contribution < 1.29 is 13.9 Å². The van der Waals surface area contributed by atoms with Crippen molar-refractivity contribution in [2.45, 2.75) is 52.1 Å². The fourth-order valence-electron chi connectivity index (χ4n) is 1.90. The fourth-order valence-corrected chi connectivity index (χ4v) is 1.90. The lowest BCUT2D eigenvalue weighted by Crippen LogP contribution is -2.15. The van der Waals surface area contributed by atoms with Crippen molar-refractivity contribution in [3.05, 3.63) is 29.6 Å². The minimum Gasteiger partial charge on any atom is -0.459 e. The molecule has 0 aliphatic rings. The Labute approximate surface area is 113 Å². The Kier molecular flexibility index (Phi) is 6.33. The van der Waals surface area contributed by atoms with Crippen molar-refractivity contribution in [3.63, 3.8) is 0 Å². The molecule has 0 aliphatic heterocycles. The van der Waals surface area contributed by atoms with Crippen LogP contribution in [0.3, 0.4) is 0 Å². The number of anilines is 1. The highest BCUT2D eigenvalue weighted by Crippen LogP contribution is 2.14. The average molecular weight is 267 g/mol. The van der Waals surface area contributed by atoms with E-state index in [4.69, 9.17) is 10.5 Å². The number of ether oxygens (including phenoxy) is 1. The molecule has 0 saturated heterocycles. The van der Waals surface area contributed by atoms with Crippen molar-refractivity contribution in [2.24, 2.45) is 0 Å². The van der Waals surface area contributed by atoms with E-state index in [9.17, 15) is 9.18 Å². The maximum absolute atomic E-state index is 13.1. The van der Waals surface area contributed by atoms with E-state index in [1.165, 1.54) is 25.0 Å². The molecule has 106 valence electrons. The summed E-state index contributed by atoms with van der Waals surface area (Å²) in [4.78, 5) is 11.8. The van der Waals surface area contributed by atoms with Crippen LogP contribution in [0.4, 0.5) is 10.1 Å². The molecule has 19 heavy (non-hydrogen) atoms. The van der Waals surface area contributed by atoms with Gasteiger partial charge >= 0.3 is 5.97 Å². The molecule has 1 rings (SSSR count). The number of hydrogen-bond donors (Lipinski definition) is 1. The van der Waals surface area contributed by atoms with Crippen molar-refractivity contribution in [1.82, 2.24) is 0 Å². The maximum atomic E-state index is 13.1. The van der Waals surface area contributed by atoms with Gasteiger partial charge in [-0.15, -0.1) is 0 Å². The SMILES string of the molecule is CCCCCCC(C)OC(=O)c1cc(N)cc(F)c1. The Hall–Kier alpha value is -1.58. The number of carbonyl (C=O) groups excluding carboxylic acids is 1. The van der Waals surface area contributed by atoms with E-state index in [2.05, 4.69) is 6.92 Å². The first kappa shape index (κ1) is 15.5. The molecule has 0 aliphatic carbocycles. The zero-order valence-corrected chi connectivity index (χ0v) is 11.6. The van der Waals surface area contributed by atoms with E-state index in [1.807, 2.05) is 6.92 Å². The van der Waals surface area contributed by atoms with Crippen LogP contribution in [0.1, 0.15) is 56.3 Å². The third-order valence-electron chi connectivity index (χ3n) is 2.93. The van der Waals surface area contributed by atoms with Crippen LogP contribution < -0.4 is 5.73 Å². The molecule has 4 heteroatoms. The van der Waals surface area contributed by atoms with Gasteiger partial charge in [-0.2, -0.15) is 0 Å². The van der Waals surface area contributed by atoms with Crippen LogP contribution in [-0.2, 0) is 4.74 Å². The molecule has 0 aromatic heterocycles. The molecule has 0 fully saturated rings. The summed E-state index contributed by atoms with van der Waals surface area (Å²) in [5.41, 5.74) is 5.88. The van der Waals surface area contributed by atoms with Gasteiger partial charge < -0.3 is 10.5 Å². The first-order valence-corrected chi connectivity index (χ1v) is 6.80. The Bertz CT molecular complexity index is 400. The van der Waals surface area contributed by atoms with Crippen LogP contribution in [-0.4, -0.2) is 12.1 Å². The lowest BCUT2D eigenvalue weighted by atomic mass is 10.1. The van der Waals surface area contributed by atoms with E-state index >= 15 is 0 Å². The number of rotatable bonds is 7. The number of nitrogens with two attached hydrogens (primary N) is 1. The smallest absolute Gasteiger partial charge is 0.338 e. The van der Waals surface area contributed by atoms with Gasteiger partial charge in [-0.25, -0.2) is 9.18 Å². The molecule has 1 unspecified atom stereocenters. The van der Waals surface area contributed by atoms with Crippen molar-refractivity contribution in [3.8, 4) is 0 Å². The van der Waals surface area contributed by atoms with E-state index in [-0.39, 0.29) is 17.4 Å². The van der Waals surface area contributed by atoms with Gasteiger partial charge in [-0.3, -0.25) is 0 Å². The summed E-state index contributed by atoms with van der Waals surface area (Å²) >= 11 is 0. The number of benzene rings is 1. The average Bonchev–Trinajstić information content (AvgIpc) is 2.33. The van der Waals surface area contributed by atoms with Gasteiger partial charge in [0.05, 0.1) is 11.7 Å². The molecular formula is C15H22FNO2. The summed E-state index contributed by atoms with van der Waals surface area (Å²) < 4.78 is 18.4. The van der Waals surface area contributed by atoms with Crippen LogP contribution >= 0.6 is 0 Å². The van der Waals surface area contributed by atoms with Gasteiger partial charge in [-0.05, 0) is 38.0 Å². The van der Waals surface area contributed by atoms with Gasteiger partial charge in [0.15, 0.2) is 0 Å². The predicted molar refractivity (Wildman–Crippen MR) is 74.4 cm³/mol. The second kappa shape index (κ2) is 7.77. The zero-order chi connectivity index (χ0) is 14.3. The van der Waals surface area contributed by atoms with Crippen molar-refractivity contribution >= 4 is 11.7 Å². The van der Waals surface area contributed by atoms with E-state index in [0.717, 1.165) is 25.3 Å². The summed E-state index contributed by atoms with van der Waals surface area (Å²) in [6, 6.07) is 3.74. The highest BCUT2D eigenvalue weighted by Gasteiger charge is 2.13. The normalized spacial score (nSPS) is 12.2. The Morgan fingerprint density at radius 3 is 2.68 bits per heavy atom. The predicted octanol–water partition coefficient (Wildman–Crippen LogP) is 3.92. The molecule has 0 amide bonds. The molecule has 1 atom stereocenters. The Morgan fingerprint density at radius 1 is 1.32 bits per heavy atom. The number of carbonyl (C=O) groups is 1. The van der Waals surface area contributed by atoms with Crippen LogP contribution in [0, 0.1) is 5.82 Å². The monoisotopic (exact) mass is 267 g/mol. The van der Waals surface area contributed by atoms with Crippen molar-refractivity contribution in [1.29, 1.82) is 0 Å². The largest absolute Gasteiger partial charge is 0.459 e. The van der Waals surface area contributed by atoms with Gasteiger partial charge in [0.25, 0.3) is 0 Å². The van der Waals surface area contributed by atoms with Crippen LogP contribution in [0.5, 0.6) is 0 Å². The van der Waals surface area contributed by atoms with E-state index < -0.39 is 11.8 Å². The Morgan fingerprint density at radius 2 is 2.05 bits per heavy atom. The van der Waals surface area contributed by atoms with Gasteiger partial charge in [0.1, 0.15) is 5.82 Å². The van der Waals surface area contributed by atoms with Gasteiger partial charge in [0.2, 0.25) is 0 Å². The summed E-state index contributed by atoms with van der Waals surface area (Å²) in [6.07, 6.45) is 5.22. The van der Waals surface area contributed by atoms with Crippen LogP contribution in [0.2, 0.25) is 0 Å². The number of unbranched alkanes of at least 4 members (excludes halogenated alkanes) is 3. The number of esters is 1. The molecule has 1 aromatic rings. The highest BCUT2D eigenvalue weighted by molar-refractivity contribution is 5.90. The molecule has 2 N–H and O–H groups in total. The zero-order valence-electron chi connectivity index (χ0n) is 11.6. The lowest BCUT2D eigenvalue weighted by molar-refractivity contribution is 0.0319. The molecule has 0 spiro atoms. The quantitative estimate of drug-likeness (QED) is 0.462. The summed E-state index contributed by atoms with van der Waals surface area (Å²) in [5, 5.41) is 0. The number of hydrogen-bond acceptors (Lipinski definition) is 3. The first-order valence-electron chi connectivity index (χ1n) is 6.80. The van der Waals surface area contributed by atoms with Crippen LogP contribution in [0.25, 0.3) is 0 Å². The van der Waals surface area contributed by atoms with Crippen LogP contribution in [0.15, 0.2) is 18.2 Å². The summed E-state index contributed by atoms with van der Waals surface area (Å²) in [7, 11) is 0. The van der Waals surface area contributed by atoms with E-state index in [1.54, 1.807) is 0 Å². The second-order valence-corrected chi connectivity index (χ2v) is 4.84. The molecule has 1 aromatic carbocycles. The first-order chi connectivity index (χ1) is 9.02. The van der Waals surface area contributed by atoms with Gasteiger partial charge in [-0.1, -0.05) is 26.2 Å². The topological polar surface area (TPSA) is 52.3 Å². The maximum Gasteiger partial charge on any atom is 0.338 e. The van der Waals surface area contributed by atoms with Crippen molar-refractivity contribution in [2.75, 3.05) is 5.73 Å². The third-order valence-corrected chi connectivity index (χ3v) is 2.93. The number of nitrogen functional groups attached to an aromatic ring is 1. The minimum atomic E-state index is -0.525. The summed E-state index contributed by atoms with van der Waals surface area (Å²) in [6.45, 7) is 4.00. The highest BCUT2D eigenvalue weighted by atomic mass is 19.1. The van der Waals surface area contributed by atoms with E-state index in [0.29, 0.717) is 0 Å². The Balaban J connectivity index is 2.45. The molecule has 0 saturated carbocycles. The van der Waals surface area contributed by atoms with Gasteiger partial charge in [0, 0.05) is 5.69 Å². The second-order valence-electron chi connectivity index (χ2n) is 4.84.